The molecule has 4 heterocycles. The maximum Gasteiger partial charge on any atom is 0.127 e. The highest BCUT2D eigenvalue weighted by molar-refractivity contribution is 7.99. The molecule has 2 N–H and O–H groups in total. The molecule has 0 spiro atoms. The van der Waals surface area contributed by atoms with Crippen molar-refractivity contribution in [1.29, 1.82) is 0 Å². The van der Waals surface area contributed by atoms with Gasteiger partial charge in [-0.1, -0.05) is 0 Å². The fourth-order valence-electron chi connectivity index (χ4n) is 4.67. The highest BCUT2D eigenvalue weighted by Crippen LogP contribution is 2.38. The smallest absolute Gasteiger partial charge is 0.127 e. The molecule has 2 aliphatic rings. The molecule has 1 unspecified atom stereocenters. The average Bonchev–Trinajstić information content (AvgIpc) is 3.52. The van der Waals surface area contributed by atoms with Gasteiger partial charge in [0.1, 0.15) is 17.1 Å². The van der Waals surface area contributed by atoms with Gasteiger partial charge in [-0.25, -0.2) is 9.37 Å². The molecule has 5 rings (SSSR count). The molecule has 0 radical (unpaired) electrons. The Bertz CT molecular complexity index is 1060. The third kappa shape index (κ3) is 5.71. The molecule has 182 valence electrons. The van der Waals surface area contributed by atoms with Crippen molar-refractivity contribution in [2.24, 2.45) is 5.92 Å². The van der Waals surface area contributed by atoms with E-state index in [0.717, 1.165) is 84.5 Å². The van der Waals surface area contributed by atoms with E-state index in [0.29, 0.717) is 18.4 Å². The molecule has 34 heavy (non-hydrogen) atoms. The van der Waals surface area contributed by atoms with Crippen molar-refractivity contribution >= 4 is 23.1 Å². The zero-order valence-corrected chi connectivity index (χ0v) is 20.8. The van der Waals surface area contributed by atoms with E-state index in [4.69, 9.17) is 14.8 Å². The molecule has 2 aromatic heterocycles. The predicted octanol–water partition coefficient (Wildman–Crippen LogP) is 4.76. The van der Waals surface area contributed by atoms with Crippen LogP contribution in [-0.4, -0.2) is 57.4 Å². The van der Waals surface area contributed by atoms with Crippen LogP contribution < -0.4 is 5.32 Å². The van der Waals surface area contributed by atoms with Crippen LogP contribution in [0.2, 0.25) is 0 Å². The number of nitrogens with one attached hydrogen (secondary N) is 1. The van der Waals surface area contributed by atoms with Crippen LogP contribution in [-0.2, 0) is 11.2 Å². The van der Waals surface area contributed by atoms with E-state index in [2.05, 4.69) is 10.00 Å². The summed E-state index contributed by atoms with van der Waals surface area (Å²) in [6.45, 7) is 2.41. The Labute approximate surface area is 207 Å². The molecule has 1 aromatic carbocycles. The predicted molar refractivity (Wildman–Crippen MR) is 136 cm³/mol. The molecule has 2 aliphatic heterocycles. The van der Waals surface area contributed by atoms with Crippen LogP contribution in [0.4, 0.5) is 4.39 Å². The van der Waals surface area contributed by atoms with Crippen molar-refractivity contribution in [2.75, 3.05) is 31.3 Å². The van der Waals surface area contributed by atoms with Crippen molar-refractivity contribution in [1.82, 2.24) is 20.1 Å². The van der Waals surface area contributed by atoms with E-state index >= 15 is 0 Å². The summed E-state index contributed by atoms with van der Waals surface area (Å²) in [4.78, 5) is 4.84. The van der Waals surface area contributed by atoms with Crippen LogP contribution >= 0.6 is 23.1 Å². The zero-order valence-electron chi connectivity index (χ0n) is 19.2. The van der Waals surface area contributed by atoms with Gasteiger partial charge in [0.15, 0.2) is 0 Å². The molecule has 2 fully saturated rings. The molecule has 0 saturated carbocycles. The zero-order chi connectivity index (χ0) is 23.3. The number of halogens is 1. The average molecular weight is 503 g/mol. The van der Waals surface area contributed by atoms with E-state index in [9.17, 15) is 9.50 Å². The maximum absolute atomic E-state index is 13.6. The first kappa shape index (κ1) is 23.9. The topological polar surface area (TPSA) is 72.2 Å². The van der Waals surface area contributed by atoms with Crippen molar-refractivity contribution < 1.29 is 14.2 Å². The van der Waals surface area contributed by atoms with Crippen molar-refractivity contribution in [3.8, 4) is 21.8 Å². The standard InChI is InChI=1S/C25H31FN4O2S2/c26-19-3-1-18(2-4-19)24-22(15-28-30(24)21-7-11-33-12-8-21)25-29-20(16-34-25)13-23(31)27-14-17-5-9-32-10-6-17/h1-4,15-17,21,23,27,31H,5-14H2. The van der Waals surface area contributed by atoms with E-state index in [1.54, 1.807) is 11.3 Å². The molecule has 3 aromatic rings. The number of hydrogen-bond acceptors (Lipinski definition) is 7. The number of benzene rings is 1. The van der Waals surface area contributed by atoms with Gasteiger partial charge in [0, 0.05) is 37.1 Å². The second kappa shape index (κ2) is 11.3. The number of aliphatic hydroxyl groups is 1. The molecular weight excluding hydrogens is 471 g/mol. The van der Waals surface area contributed by atoms with Gasteiger partial charge in [0.25, 0.3) is 0 Å². The SMILES string of the molecule is OC(Cc1csc(-c2cnn(C3CCSCC3)c2-c2ccc(F)cc2)n1)NCC1CCOCC1. The highest BCUT2D eigenvalue weighted by atomic mass is 32.2. The second-order valence-corrected chi connectivity index (χ2v) is 11.1. The number of thioether (sulfide) groups is 1. The number of nitrogens with zero attached hydrogens (tertiary/aromatic N) is 3. The largest absolute Gasteiger partial charge is 0.381 e. The minimum Gasteiger partial charge on any atom is -0.381 e. The van der Waals surface area contributed by atoms with Crippen molar-refractivity contribution in [2.45, 2.75) is 44.4 Å². The first-order valence-electron chi connectivity index (χ1n) is 12.0. The molecule has 0 bridgehead atoms. The Morgan fingerprint density at radius 2 is 1.91 bits per heavy atom. The Balaban J connectivity index is 1.34. The molecule has 0 aliphatic carbocycles. The lowest BCUT2D eigenvalue weighted by molar-refractivity contribution is 0.0569. The molecule has 0 amide bonds. The van der Waals surface area contributed by atoms with Gasteiger partial charge in [-0.3, -0.25) is 10.00 Å². The van der Waals surface area contributed by atoms with Gasteiger partial charge in [0.2, 0.25) is 0 Å². The summed E-state index contributed by atoms with van der Waals surface area (Å²) in [6.07, 6.45) is 5.95. The van der Waals surface area contributed by atoms with Gasteiger partial charge < -0.3 is 9.84 Å². The van der Waals surface area contributed by atoms with Crippen LogP contribution in [0.5, 0.6) is 0 Å². The first-order valence-corrected chi connectivity index (χ1v) is 14.1. The Morgan fingerprint density at radius 1 is 1.15 bits per heavy atom. The van der Waals surface area contributed by atoms with Gasteiger partial charge in [-0.05, 0) is 67.4 Å². The van der Waals surface area contributed by atoms with Crippen LogP contribution in [0.1, 0.15) is 37.4 Å². The molecule has 6 nitrogen and oxygen atoms in total. The third-order valence-corrected chi connectivity index (χ3v) is 8.59. The monoisotopic (exact) mass is 502 g/mol. The second-order valence-electron chi connectivity index (χ2n) is 9.03. The number of rotatable bonds is 8. The molecule has 1 atom stereocenters. The van der Waals surface area contributed by atoms with Crippen LogP contribution in [0, 0.1) is 11.7 Å². The van der Waals surface area contributed by atoms with Gasteiger partial charge >= 0.3 is 0 Å². The lowest BCUT2D eigenvalue weighted by Gasteiger charge is -2.24. The lowest BCUT2D eigenvalue weighted by Crippen LogP contribution is -2.36. The normalized spacial score (nSPS) is 18.9. The summed E-state index contributed by atoms with van der Waals surface area (Å²) in [5, 5.41) is 21.4. The highest BCUT2D eigenvalue weighted by Gasteiger charge is 2.24. The number of thiazole rings is 1. The quantitative estimate of drug-likeness (QED) is 0.433. The van der Waals surface area contributed by atoms with Crippen LogP contribution in [0.15, 0.2) is 35.8 Å². The van der Waals surface area contributed by atoms with Crippen molar-refractivity contribution in [3.05, 3.63) is 47.4 Å². The summed E-state index contributed by atoms with van der Waals surface area (Å²) < 4.78 is 21.2. The number of ether oxygens (including phenoxy) is 1. The van der Waals surface area contributed by atoms with Crippen LogP contribution in [0.3, 0.4) is 0 Å². The van der Waals surface area contributed by atoms with Gasteiger partial charge in [0.05, 0.1) is 29.2 Å². The summed E-state index contributed by atoms with van der Waals surface area (Å²) in [6, 6.07) is 6.98. The number of aliphatic hydroxyl groups excluding tert-OH is 1. The first-order chi connectivity index (χ1) is 16.7. The fourth-order valence-corrected chi connectivity index (χ4v) is 6.59. The Morgan fingerprint density at radius 3 is 2.68 bits per heavy atom. The van der Waals surface area contributed by atoms with Gasteiger partial charge in [-0.2, -0.15) is 16.9 Å². The molecule has 2 saturated heterocycles. The minimum atomic E-state index is -0.628. The van der Waals surface area contributed by atoms with Gasteiger partial charge in [-0.15, -0.1) is 11.3 Å². The Kier molecular flexibility index (Phi) is 7.96. The fraction of sp³-hybridized carbons (Fsp3) is 0.520. The van der Waals surface area contributed by atoms with E-state index in [1.165, 1.54) is 12.1 Å². The number of hydrogen-bond donors (Lipinski definition) is 2. The summed E-state index contributed by atoms with van der Waals surface area (Å²) in [7, 11) is 0. The van der Waals surface area contributed by atoms with E-state index in [1.807, 2.05) is 35.5 Å². The van der Waals surface area contributed by atoms with E-state index in [-0.39, 0.29) is 5.82 Å². The molecular formula is C25H31FN4O2S2. The maximum atomic E-state index is 13.6. The van der Waals surface area contributed by atoms with Crippen LogP contribution in [0.25, 0.3) is 21.8 Å². The lowest BCUT2D eigenvalue weighted by atomic mass is 10.0. The van der Waals surface area contributed by atoms with E-state index < -0.39 is 6.23 Å². The Hall–Kier alpha value is -1.78. The molecule has 9 heteroatoms. The minimum absolute atomic E-state index is 0.246. The number of aromatic nitrogens is 3. The third-order valence-electron chi connectivity index (χ3n) is 6.62. The van der Waals surface area contributed by atoms with Crippen molar-refractivity contribution in [3.63, 3.8) is 0 Å². The summed E-state index contributed by atoms with van der Waals surface area (Å²) in [5.74, 6) is 2.56. The summed E-state index contributed by atoms with van der Waals surface area (Å²) in [5.41, 5.74) is 3.77. The summed E-state index contributed by atoms with van der Waals surface area (Å²) >= 11 is 3.55.